The Bertz CT molecular complexity index is 472. The fraction of sp³-hybridized carbons (Fsp3) is 0.533. The number of ether oxygens (including phenoxy) is 2. The van der Waals surface area contributed by atoms with Crippen molar-refractivity contribution in [3.05, 3.63) is 35.9 Å². The third-order valence-electron chi connectivity index (χ3n) is 4.14. The van der Waals surface area contributed by atoms with Crippen LogP contribution < -0.4 is 0 Å². The maximum absolute atomic E-state index is 11.1. The summed E-state index contributed by atoms with van der Waals surface area (Å²) in [6.07, 6.45) is 0.459. The number of hydrogen-bond acceptors (Lipinski definition) is 3. The average Bonchev–Trinajstić information content (AvgIpc) is 3.05. The molecule has 1 heterocycles. The highest BCUT2D eigenvalue weighted by Gasteiger charge is 2.69. The maximum Gasteiger partial charge on any atom is 0.309 e. The summed E-state index contributed by atoms with van der Waals surface area (Å²) in [6.45, 7) is 3.15. The van der Waals surface area contributed by atoms with Gasteiger partial charge in [-0.3, -0.25) is 4.79 Å². The molecule has 0 aromatic heterocycles. The van der Waals surface area contributed by atoms with Gasteiger partial charge in [0.05, 0.1) is 25.2 Å². The fourth-order valence-electron chi connectivity index (χ4n) is 3.03. The van der Waals surface area contributed by atoms with Crippen molar-refractivity contribution in [3.63, 3.8) is 0 Å². The van der Waals surface area contributed by atoms with Gasteiger partial charge in [-0.15, -0.1) is 0 Å². The van der Waals surface area contributed by atoms with Gasteiger partial charge in [0.15, 0.2) is 0 Å². The Morgan fingerprint density at radius 2 is 2.21 bits per heavy atom. The van der Waals surface area contributed by atoms with Crippen molar-refractivity contribution in [2.45, 2.75) is 31.7 Å². The van der Waals surface area contributed by atoms with Crippen molar-refractivity contribution >= 4 is 5.97 Å². The summed E-state index contributed by atoms with van der Waals surface area (Å²) in [5.74, 6) is -0.936. The molecule has 1 saturated heterocycles. The molecule has 0 amide bonds. The summed E-state index contributed by atoms with van der Waals surface area (Å²) in [4.78, 5) is 11.1. The second-order valence-corrected chi connectivity index (χ2v) is 5.56. The lowest BCUT2D eigenvalue weighted by molar-refractivity contribution is -0.142. The van der Waals surface area contributed by atoms with Crippen LogP contribution in [-0.2, 0) is 20.9 Å². The van der Waals surface area contributed by atoms with Crippen molar-refractivity contribution in [3.8, 4) is 0 Å². The molecule has 1 saturated carbocycles. The molecule has 0 bridgehead atoms. The topological polar surface area (TPSA) is 55.8 Å². The molecule has 0 radical (unpaired) electrons. The molecule has 4 nitrogen and oxygen atoms in total. The lowest BCUT2D eigenvalue weighted by Gasteiger charge is -2.22. The standard InChI is InChI=1S/C15H18O4/c1-10-8-19-15(7-12(15)14(16)17)13(10)18-9-11-5-3-2-4-6-11/h2-6,10,12-13H,7-9H2,1H3,(H,16,17). The Morgan fingerprint density at radius 3 is 2.84 bits per heavy atom. The number of hydrogen-bond donors (Lipinski definition) is 1. The predicted octanol–water partition coefficient (Wildman–Crippen LogP) is 2.08. The summed E-state index contributed by atoms with van der Waals surface area (Å²) < 4.78 is 11.7. The molecule has 1 aliphatic carbocycles. The summed E-state index contributed by atoms with van der Waals surface area (Å²) in [5.41, 5.74) is 0.532. The molecular weight excluding hydrogens is 244 g/mol. The third-order valence-corrected chi connectivity index (χ3v) is 4.14. The molecule has 19 heavy (non-hydrogen) atoms. The van der Waals surface area contributed by atoms with E-state index in [0.717, 1.165) is 5.56 Å². The minimum absolute atomic E-state index is 0.117. The Balaban J connectivity index is 1.67. The molecule has 4 heteroatoms. The van der Waals surface area contributed by atoms with E-state index in [0.29, 0.717) is 19.6 Å². The normalized spacial score (nSPS) is 36.6. The highest BCUT2D eigenvalue weighted by Crippen LogP contribution is 2.56. The zero-order chi connectivity index (χ0) is 13.5. The summed E-state index contributed by atoms with van der Waals surface area (Å²) in [6, 6.07) is 9.93. The molecule has 1 spiro atoms. The van der Waals surface area contributed by atoms with E-state index in [2.05, 4.69) is 6.92 Å². The van der Waals surface area contributed by atoms with Crippen LogP contribution in [0.25, 0.3) is 0 Å². The first-order chi connectivity index (χ1) is 9.13. The number of rotatable bonds is 4. The third kappa shape index (κ3) is 2.15. The zero-order valence-electron chi connectivity index (χ0n) is 10.9. The molecule has 4 atom stereocenters. The average molecular weight is 262 g/mol. The maximum atomic E-state index is 11.1. The van der Waals surface area contributed by atoms with Crippen LogP contribution in [-0.4, -0.2) is 29.4 Å². The zero-order valence-corrected chi connectivity index (χ0v) is 10.9. The first-order valence-electron chi connectivity index (χ1n) is 6.66. The Morgan fingerprint density at radius 1 is 1.47 bits per heavy atom. The summed E-state index contributed by atoms with van der Waals surface area (Å²) in [5, 5.41) is 9.13. The van der Waals surface area contributed by atoms with Gasteiger partial charge in [0, 0.05) is 5.92 Å². The van der Waals surface area contributed by atoms with Crippen LogP contribution >= 0.6 is 0 Å². The van der Waals surface area contributed by atoms with Crippen LogP contribution in [0.5, 0.6) is 0 Å². The second kappa shape index (κ2) is 4.62. The molecule has 2 aliphatic rings. The highest BCUT2D eigenvalue weighted by atomic mass is 16.6. The molecular formula is C15H18O4. The van der Waals surface area contributed by atoms with E-state index in [-0.39, 0.29) is 12.0 Å². The van der Waals surface area contributed by atoms with Crippen LogP contribution in [0.2, 0.25) is 0 Å². The second-order valence-electron chi connectivity index (χ2n) is 5.56. The van der Waals surface area contributed by atoms with E-state index in [1.54, 1.807) is 0 Å². The lowest BCUT2D eigenvalue weighted by Crippen LogP contribution is -2.33. The highest BCUT2D eigenvalue weighted by molar-refractivity contribution is 5.76. The Hall–Kier alpha value is -1.39. The van der Waals surface area contributed by atoms with Crippen LogP contribution in [0, 0.1) is 11.8 Å². The molecule has 102 valence electrons. The minimum atomic E-state index is -0.776. The monoisotopic (exact) mass is 262 g/mol. The largest absolute Gasteiger partial charge is 0.481 e. The molecule has 2 fully saturated rings. The fourth-order valence-corrected chi connectivity index (χ4v) is 3.03. The number of carboxylic acid groups (broad SMARTS) is 1. The van der Waals surface area contributed by atoms with Crippen molar-refractivity contribution < 1.29 is 19.4 Å². The summed E-state index contributed by atoms with van der Waals surface area (Å²) >= 11 is 0. The first kappa shape index (κ1) is 12.6. The van der Waals surface area contributed by atoms with Gasteiger partial charge in [-0.2, -0.15) is 0 Å². The van der Waals surface area contributed by atoms with Crippen LogP contribution in [0.3, 0.4) is 0 Å². The van der Waals surface area contributed by atoms with Gasteiger partial charge in [-0.05, 0) is 12.0 Å². The Kier molecular flexibility index (Phi) is 3.07. The Labute approximate surface area is 112 Å². The van der Waals surface area contributed by atoms with Crippen molar-refractivity contribution in [2.24, 2.45) is 11.8 Å². The van der Waals surface area contributed by atoms with E-state index in [4.69, 9.17) is 14.6 Å². The number of carboxylic acids is 1. The molecule has 1 aromatic carbocycles. The van der Waals surface area contributed by atoms with E-state index in [1.807, 2.05) is 30.3 Å². The van der Waals surface area contributed by atoms with Crippen molar-refractivity contribution in [1.82, 2.24) is 0 Å². The van der Waals surface area contributed by atoms with Crippen LogP contribution in [0.15, 0.2) is 30.3 Å². The van der Waals surface area contributed by atoms with Crippen molar-refractivity contribution in [2.75, 3.05) is 6.61 Å². The van der Waals surface area contributed by atoms with Crippen LogP contribution in [0.1, 0.15) is 18.9 Å². The van der Waals surface area contributed by atoms with Gasteiger partial charge in [-0.25, -0.2) is 0 Å². The van der Waals surface area contributed by atoms with Gasteiger partial charge in [-0.1, -0.05) is 37.3 Å². The van der Waals surface area contributed by atoms with Gasteiger partial charge < -0.3 is 14.6 Å². The van der Waals surface area contributed by atoms with E-state index < -0.39 is 17.5 Å². The van der Waals surface area contributed by atoms with Crippen LogP contribution in [0.4, 0.5) is 0 Å². The lowest BCUT2D eigenvalue weighted by atomic mass is 10.0. The molecule has 1 aromatic rings. The first-order valence-corrected chi connectivity index (χ1v) is 6.66. The summed E-state index contributed by atoms with van der Waals surface area (Å²) in [7, 11) is 0. The van der Waals surface area contributed by atoms with Gasteiger partial charge in [0.2, 0.25) is 0 Å². The molecule has 1 N–H and O–H groups in total. The number of carbonyl (C=O) groups is 1. The smallest absolute Gasteiger partial charge is 0.309 e. The van der Waals surface area contributed by atoms with Gasteiger partial charge >= 0.3 is 5.97 Å². The number of benzene rings is 1. The predicted molar refractivity (Wildman–Crippen MR) is 68.6 cm³/mol. The molecule has 1 aliphatic heterocycles. The quantitative estimate of drug-likeness (QED) is 0.902. The van der Waals surface area contributed by atoms with E-state index >= 15 is 0 Å². The van der Waals surface area contributed by atoms with E-state index in [9.17, 15) is 4.79 Å². The molecule has 4 unspecified atom stereocenters. The SMILES string of the molecule is CC1COC2(CC2C(=O)O)C1OCc1ccccc1. The van der Waals surface area contributed by atoms with Gasteiger partial charge in [0.25, 0.3) is 0 Å². The molecule has 3 rings (SSSR count). The van der Waals surface area contributed by atoms with E-state index in [1.165, 1.54) is 0 Å². The number of aliphatic carboxylic acids is 1. The van der Waals surface area contributed by atoms with Gasteiger partial charge in [0.1, 0.15) is 5.60 Å². The minimum Gasteiger partial charge on any atom is -0.481 e. The van der Waals surface area contributed by atoms with Crippen molar-refractivity contribution in [1.29, 1.82) is 0 Å².